The summed E-state index contributed by atoms with van der Waals surface area (Å²) >= 11 is 0. The van der Waals surface area contributed by atoms with Gasteiger partial charge in [0, 0.05) is 11.6 Å². The summed E-state index contributed by atoms with van der Waals surface area (Å²) in [6.45, 7) is -1.57. The van der Waals surface area contributed by atoms with Gasteiger partial charge in [0.25, 0.3) is 0 Å². The highest BCUT2D eigenvalue weighted by atomic mass is 16.6. The molecule has 1 rings (SSSR count). The molecule has 14 nitrogen and oxygen atoms in total. The van der Waals surface area contributed by atoms with Gasteiger partial charge in [-0.25, -0.2) is 19.2 Å². The summed E-state index contributed by atoms with van der Waals surface area (Å²) in [5.41, 5.74) is -0.171. The average Bonchev–Trinajstić information content (AvgIpc) is 2.83. The number of hydrogen-bond acceptors (Lipinski definition) is 14. The van der Waals surface area contributed by atoms with Crippen LogP contribution in [0.15, 0.2) is 18.2 Å². The average molecular weight is 488 g/mol. The van der Waals surface area contributed by atoms with Crippen LogP contribution in [0.4, 0.5) is 0 Å². The van der Waals surface area contributed by atoms with E-state index in [1.54, 1.807) is 6.92 Å². The lowest BCUT2D eigenvalue weighted by atomic mass is 10.1. The fourth-order valence-electron chi connectivity index (χ4n) is 2.06. The van der Waals surface area contributed by atoms with E-state index in [1.807, 2.05) is 0 Å². The van der Waals surface area contributed by atoms with E-state index in [0.29, 0.717) is 0 Å². The molecule has 0 aliphatic carbocycles. The van der Waals surface area contributed by atoms with Crippen molar-refractivity contribution in [2.75, 3.05) is 26.4 Å². The first-order chi connectivity index (χ1) is 16.1. The number of aliphatic hydroxyl groups excluding tert-OH is 6. The van der Waals surface area contributed by atoms with Gasteiger partial charge in [-0.3, -0.25) is 0 Å². The maximum Gasteiger partial charge on any atom is 0.343 e. The minimum atomic E-state index is -2.07. The van der Waals surface area contributed by atoms with Gasteiger partial charge in [-0.15, -0.1) is 0 Å². The standard InChI is InChI=1S/C20H24O14/c1-2-31-15(27)6-4-10-3-5-14(32-18(28)11(24)7-21)17(34-20(30)13(26)9-23)16(10)33-19(29)12(25)8-22/h3-6,11-13,21-26H,2,7-9H2,1H3. The maximum atomic E-state index is 12.1. The summed E-state index contributed by atoms with van der Waals surface area (Å²) in [5.74, 6) is -7.40. The Morgan fingerprint density at radius 1 is 0.794 bits per heavy atom. The highest BCUT2D eigenvalue weighted by Crippen LogP contribution is 2.42. The van der Waals surface area contributed by atoms with E-state index in [2.05, 4.69) is 0 Å². The Labute approximate surface area is 192 Å². The Morgan fingerprint density at radius 2 is 1.26 bits per heavy atom. The van der Waals surface area contributed by atoms with Crippen molar-refractivity contribution in [3.05, 3.63) is 23.8 Å². The van der Waals surface area contributed by atoms with Crippen molar-refractivity contribution in [1.82, 2.24) is 0 Å². The zero-order valence-electron chi connectivity index (χ0n) is 17.8. The number of hydrogen-bond donors (Lipinski definition) is 6. The molecule has 0 aliphatic heterocycles. The third-order valence-electron chi connectivity index (χ3n) is 3.74. The van der Waals surface area contributed by atoms with Gasteiger partial charge in [-0.2, -0.15) is 0 Å². The molecule has 0 saturated carbocycles. The van der Waals surface area contributed by atoms with Gasteiger partial charge in [0.05, 0.1) is 26.4 Å². The summed E-state index contributed by atoms with van der Waals surface area (Å²) in [6.07, 6.45) is -4.18. The minimum Gasteiger partial charge on any atom is -0.463 e. The number of esters is 4. The van der Waals surface area contributed by atoms with Gasteiger partial charge in [0.15, 0.2) is 29.8 Å². The van der Waals surface area contributed by atoms with E-state index < -0.39 is 79.3 Å². The van der Waals surface area contributed by atoms with Crippen molar-refractivity contribution >= 4 is 30.0 Å². The lowest BCUT2D eigenvalue weighted by Crippen LogP contribution is -2.32. The molecule has 188 valence electrons. The largest absolute Gasteiger partial charge is 0.463 e. The van der Waals surface area contributed by atoms with E-state index in [-0.39, 0.29) is 12.2 Å². The molecule has 0 aliphatic rings. The molecule has 1 aromatic rings. The van der Waals surface area contributed by atoms with Crippen LogP contribution in [0.3, 0.4) is 0 Å². The molecule has 0 amide bonds. The third-order valence-corrected chi connectivity index (χ3v) is 3.74. The molecule has 3 unspecified atom stereocenters. The molecule has 3 atom stereocenters. The van der Waals surface area contributed by atoms with Crippen LogP contribution in [0.5, 0.6) is 17.2 Å². The normalized spacial score (nSPS) is 13.6. The molecule has 0 radical (unpaired) electrons. The Morgan fingerprint density at radius 3 is 1.74 bits per heavy atom. The smallest absolute Gasteiger partial charge is 0.343 e. The SMILES string of the molecule is CCOC(=O)C=Cc1ccc(OC(=O)C(O)CO)c(OC(=O)C(O)CO)c1OC(=O)C(O)CO. The lowest BCUT2D eigenvalue weighted by molar-refractivity contribution is -0.149. The van der Waals surface area contributed by atoms with Crippen LogP contribution in [-0.2, 0) is 23.9 Å². The van der Waals surface area contributed by atoms with Crippen molar-refractivity contribution in [2.24, 2.45) is 0 Å². The molecular weight excluding hydrogens is 464 g/mol. The number of benzene rings is 1. The van der Waals surface area contributed by atoms with Crippen molar-refractivity contribution in [3.63, 3.8) is 0 Å². The monoisotopic (exact) mass is 488 g/mol. The Kier molecular flexibility index (Phi) is 11.8. The van der Waals surface area contributed by atoms with Crippen molar-refractivity contribution in [1.29, 1.82) is 0 Å². The number of carbonyl (C=O) groups excluding carboxylic acids is 4. The van der Waals surface area contributed by atoms with Crippen LogP contribution in [0.25, 0.3) is 6.08 Å². The van der Waals surface area contributed by atoms with E-state index in [4.69, 9.17) is 34.3 Å². The van der Waals surface area contributed by atoms with E-state index in [0.717, 1.165) is 24.3 Å². The fourth-order valence-corrected chi connectivity index (χ4v) is 2.06. The molecule has 0 aromatic heterocycles. The summed E-state index contributed by atoms with van der Waals surface area (Å²) < 4.78 is 19.5. The van der Waals surface area contributed by atoms with Gasteiger partial charge in [-0.1, -0.05) is 0 Å². The molecule has 0 bridgehead atoms. The van der Waals surface area contributed by atoms with E-state index in [1.165, 1.54) is 0 Å². The van der Waals surface area contributed by atoms with Gasteiger partial charge in [-0.05, 0) is 25.1 Å². The van der Waals surface area contributed by atoms with Crippen molar-refractivity contribution < 1.29 is 68.8 Å². The molecule has 14 heteroatoms. The summed E-state index contributed by atoms with van der Waals surface area (Å²) in [7, 11) is 0. The first-order valence-electron chi connectivity index (χ1n) is 9.63. The van der Waals surface area contributed by atoms with Crippen LogP contribution in [0.1, 0.15) is 12.5 Å². The topological polar surface area (TPSA) is 227 Å². The van der Waals surface area contributed by atoms with Gasteiger partial charge in [0.2, 0.25) is 5.75 Å². The van der Waals surface area contributed by atoms with Crippen LogP contribution < -0.4 is 14.2 Å². The second-order valence-corrected chi connectivity index (χ2v) is 6.25. The Balaban J connectivity index is 3.66. The maximum absolute atomic E-state index is 12.1. The van der Waals surface area contributed by atoms with Crippen molar-refractivity contribution in [3.8, 4) is 17.2 Å². The minimum absolute atomic E-state index is 0.0394. The fraction of sp³-hybridized carbons (Fsp3) is 0.400. The third kappa shape index (κ3) is 8.18. The van der Waals surface area contributed by atoms with Crippen LogP contribution >= 0.6 is 0 Å². The second-order valence-electron chi connectivity index (χ2n) is 6.25. The first-order valence-corrected chi connectivity index (χ1v) is 9.63. The number of aliphatic hydroxyl groups is 6. The van der Waals surface area contributed by atoms with Crippen LogP contribution in [-0.4, -0.2) is 99.3 Å². The predicted molar refractivity (Wildman–Crippen MR) is 108 cm³/mol. The summed E-state index contributed by atoms with van der Waals surface area (Å²) in [4.78, 5) is 47.7. The molecule has 0 saturated heterocycles. The number of carbonyl (C=O) groups is 4. The predicted octanol–water partition coefficient (Wildman–Crippen LogP) is -2.96. The van der Waals surface area contributed by atoms with Crippen LogP contribution in [0, 0.1) is 0 Å². The Hall–Kier alpha value is -3.40. The summed E-state index contributed by atoms with van der Waals surface area (Å²) in [6, 6.07) is 2.10. The zero-order chi connectivity index (χ0) is 25.8. The lowest BCUT2D eigenvalue weighted by Gasteiger charge is -2.18. The molecule has 0 spiro atoms. The van der Waals surface area contributed by atoms with E-state index in [9.17, 15) is 34.5 Å². The number of rotatable bonds is 12. The number of ether oxygens (including phenoxy) is 4. The zero-order valence-corrected chi connectivity index (χ0v) is 17.8. The first kappa shape index (κ1) is 28.6. The molecule has 34 heavy (non-hydrogen) atoms. The van der Waals surface area contributed by atoms with Crippen molar-refractivity contribution in [2.45, 2.75) is 25.2 Å². The van der Waals surface area contributed by atoms with Crippen LogP contribution in [0.2, 0.25) is 0 Å². The molecular formula is C20H24O14. The Bertz CT molecular complexity index is 909. The second kappa shape index (κ2) is 14.0. The summed E-state index contributed by atoms with van der Waals surface area (Å²) in [5, 5.41) is 55.4. The van der Waals surface area contributed by atoms with E-state index >= 15 is 0 Å². The van der Waals surface area contributed by atoms with Gasteiger partial charge in [0.1, 0.15) is 0 Å². The van der Waals surface area contributed by atoms with Gasteiger partial charge >= 0.3 is 23.9 Å². The molecule has 1 aromatic carbocycles. The molecule has 6 N–H and O–H groups in total. The highest BCUT2D eigenvalue weighted by Gasteiger charge is 2.29. The molecule has 0 heterocycles. The highest BCUT2D eigenvalue weighted by molar-refractivity contribution is 5.90. The molecule has 0 fully saturated rings. The van der Waals surface area contributed by atoms with Gasteiger partial charge < -0.3 is 49.6 Å². The quantitative estimate of drug-likeness (QED) is 0.0982.